The fraction of sp³-hybridized carbons (Fsp3) is 0.238. The number of hydrogen-bond donors (Lipinski definition) is 4. The first-order valence-electron chi connectivity index (χ1n) is 9.62. The van der Waals surface area contributed by atoms with Crippen LogP contribution in [-0.4, -0.2) is 33.9 Å². The van der Waals surface area contributed by atoms with E-state index in [0.29, 0.717) is 23.3 Å². The van der Waals surface area contributed by atoms with Gasteiger partial charge in [-0.2, -0.15) is 13.2 Å². The number of nitrogens with one attached hydrogen (secondary N) is 3. The summed E-state index contributed by atoms with van der Waals surface area (Å²) in [5.74, 6) is -1.10. The minimum absolute atomic E-state index is 0.203. The maximum atomic E-state index is 12.9. The van der Waals surface area contributed by atoms with Crippen LogP contribution in [0, 0.1) is 5.41 Å². The molecule has 2 aromatic heterocycles. The lowest BCUT2D eigenvalue weighted by Crippen LogP contribution is -2.17. The van der Waals surface area contributed by atoms with Crippen LogP contribution in [0.15, 0.2) is 36.5 Å². The Bertz CT molecular complexity index is 1190. The molecule has 166 valence electrons. The zero-order chi connectivity index (χ0) is 23.0. The van der Waals surface area contributed by atoms with E-state index >= 15 is 0 Å². The fourth-order valence-corrected chi connectivity index (χ4v) is 4.29. The Morgan fingerprint density at radius 1 is 1.25 bits per heavy atom. The molecule has 0 spiro atoms. The monoisotopic (exact) mass is 461 g/mol. The zero-order valence-corrected chi connectivity index (χ0v) is 17.6. The highest BCUT2D eigenvalue weighted by Crippen LogP contribution is 2.48. The summed E-state index contributed by atoms with van der Waals surface area (Å²) in [5, 5.41) is 23.1. The van der Waals surface area contributed by atoms with Gasteiger partial charge in [-0.1, -0.05) is 24.3 Å². The van der Waals surface area contributed by atoms with E-state index in [-0.39, 0.29) is 11.7 Å². The molecule has 0 radical (unpaired) electrons. The summed E-state index contributed by atoms with van der Waals surface area (Å²) in [5.41, 5.74) is 0.567. The lowest BCUT2D eigenvalue weighted by molar-refractivity contribution is -0.137. The minimum atomic E-state index is -4.70. The van der Waals surface area contributed by atoms with Crippen LogP contribution in [-0.2, 0) is 6.18 Å². The van der Waals surface area contributed by atoms with Crippen molar-refractivity contribution >= 4 is 34.1 Å². The average molecular weight is 461 g/mol. The number of benzene rings is 1. The van der Waals surface area contributed by atoms with Crippen LogP contribution in [0.3, 0.4) is 0 Å². The summed E-state index contributed by atoms with van der Waals surface area (Å²) in [4.78, 5) is 20.8. The van der Waals surface area contributed by atoms with Gasteiger partial charge in [0.2, 0.25) is 0 Å². The lowest BCUT2D eigenvalue weighted by Gasteiger charge is -2.10. The second-order valence-corrected chi connectivity index (χ2v) is 8.29. The number of carboxylic acids is 1. The molecule has 4 rings (SSSR count). The van der Waals surface area contributed by atoms with Gasteiger partial charge < -0.3 is 15.7 Å². The second kappa shape index (κ2) is 8.23. The molecule has 4 N–H and O–H groups in total. The molecule has 2 heterocycles. The van der Waals surface area contributed by atoms with Crippen molar-refractivity contribution in [2.45, 2.75) is 24.9 Å². The van der Waals surface area contributed by atoms with E-state index in [0.717, 1.165) is 34.5 Å². The van der Waals surface area contributed by atoms with Crippen LogP contribution in [0.5, 0.6) is 0 Å². The number of thiazole rings is 1. The molecule has 0 atom stereocenters. The standard InChI is InChI=1S/C21H18F3N5O2S/c1-26-17(25)12-6-2-10(3-7-12)15-16(11-4-5-11)32-20(28-15)29-18-14(19(30)31)8-13(9-27-18)21(22,23)24/h2-3,6-9,11H,4-5H2,1H3,(H2,25,26)(H,30,31)(H,27,28,29). The Hall–Kier alpha value is -3.47. The third kappa shape index (κ3) is 4.42. The van der Waals surface area contributed by atoms with Gasteiger partial charge in [0.05, 0.1) is 11.3 Å². The molecule has 11 heteroatoms. The number of nitrogens with zero attached hydrogens (tertiary/aromatic N) is 2. The number of amidine groups is 1. The molecule has 3 aromatic rings. The van der Waals surface area contributed by atoms with E-state index in [1.54, 1.807) is 19.2 Å². The van der Waals surface area contributed by atoms with Gasteiger partial charge in [-0.3, -0.25) is 5.41 Å². The largest absolute Gasteiger partial charge is 0.478 e. The van der Waals surface area contributed by atoms with Crippen LogP contribution in [0.1, 0.15) is 45.1 Å². The SMILES string of the molecule is CNC(=N)c1ccc(-c2nc(Nc3ncc(C(F)(F)F)cc3C(=O)O)sc2C2CC2)cc1. The molecule has 0 saturated heterocycles. The van der Waals surface area contributed by atoms with Gasteiger partial charge in [0.25, 0.3) is 0 Å². The highest BCUT2D eigenvalue weighted by molar-refractivity contribution is 7.16. The Morgan fingerprint density at radius 3 is 2.50 bits per heavy atom. The first kappa shape index (κ1) is 21.8. The number of hydrogen-bond acceptors (Lipinski definition) is 6. The van der Waals surface area contributed by atoms with Crippen molar-refractivity contribution in [1.82, 2.24) is 15.3 Å². The predicted molar refractivity (Wildman–Crippen MR) is 115 cm³/mol. The van der Waals surface area contributed by atoms with Crippen molar-refractivity contribution in [1.29, 1.82) is 5.41 Å². The minimum Gasteiger partial charge on any atom is -0.478 e. The number of anilines is 2. The van der Waals surface area contributed by atoms with E-state index in [2.05, 4.69) is 20.6 Å². The van der Waals surface area contributed by atoms with Crippen molar-refractivity contribution in [3.8, 4) is 11.3 Å². The van der Waals surface area contributed by atoms with Crippen molar-refractivity contribution in [2.24, 2.45) is 0 Å². The summed E-state index contributed by atoms with van der Waals surface area (Å²) in [6.07, 6.45) is -2.08. The molecule has 32 heavy (non-hydrogen) atoms. The fourth-order valence-electron chi connectivity index (χ4n) is 3.14. The zero-order valence-electron chi connectivity index (χ0n) is 16.7. The molecule has 1 aromatic carbocycles. The summed E-state index contributed by atoms with van der Waals surface area (Å²) in [6, 6.07) is 7.87. The van der Waals surface area contributed by atoms with Crippen molar-refractivity contribution < 1.29 is 23.1 Å². The van der Waals surface area contributed by atoms with Gasteiger partial charge in [0.15, 0.2) is 5.13 Å². The van der Waals surface area contributed by atoms with Crippen molar-refractivity contribution in [3.63, 3.8) is 0 Å². The number of carboxylic acid groups (broad SMARTS) is 1. The summed E-state index contributed by atoms with van der Waals surface area (Å²) in [7, 11) is 1.67. The number of alkyl halides is 3. The topological polar surface area (TPSA) is 111 Å². The third-order valence-corrected chi connectivity index (χ3v) is 6.10. The van der Waals surface area contributed by atoms with Gasteiger partial charge in [0.1, 0.15) is 17.2 Å². The van der Waals surface area contributed by atoms with Gasteiger partial charge >= 0.3 is 12.1 Å². The molecule has 7 nitrogen and oxygen atoms in total. The highest BCUT2D eigenvalue weighted by atomic mass is 32.1. The molecular weight excluding hydrogens is 443 g/mol. The Labute approximate surface area is 184 Å². The van der Waals surface area contributed by atoms with Crippen LogP contribution in [0.25, 0.3) is 11.3 Å². The smallest absolute Gasteiger partial charge is 0.417 e. The van der Waals surface area contributed by atoms with Crippen LogP contribution >= 0.6 is 11.3 Å². The first-order valence-corrected chi connectivity index (χ1v) is 10.4. The number of aromatic nitrogens is 2. The molecular formula is C21H18F3N5O2S. The summed E-state index contributed by atoms with van der Waals surface area (Å²) in [6.45, 7) is 0. The normalized spacial score (nSPS) is 13.6. The summed E-state index contributed by atoms with van der Waals surface area (Å²) < 4.78 is 38.8. The number of pyridine rings is 1. The number of halogens is 3. The maximum Gasteiger partial charge on any atom is 0.417 e. The van der Waals surface area contributed by atoms with E-state index in [9.17, 15) is 23.1 Å². The molecule has 1 aliphatic rings. The van der Waals surface area contributed by atoms with Gasteiger partial charge in [-0.25, -0.2) is 14.8 Å². The molecule has 0 unspecified atom stereocenters. The lowest BCUT2D eigenvalue weighted by atomic mass is 10.1. The third-order valence-electron chi connectivity index (χ3n) is 4.97. The van der Waals surface area contributed by atoms with Gasteiger partial charge in [-0.05, 0) is 24.8 Å². The van der Waals surface area contributed by atoms with Crippen molar-refractivity contribution in [2.75, 3.05) is 12.4 Å². The average Bonchev–Trinajstić information content (AvgIpc) is 3.52. The molecule has 1 aliphatic carbocycles. The van der Waals surface area contributed by atoms with E-state index < -0.39 is 23.3 Å². The number of carbonyl (C=O) groups is 1. The van der Waals surface area contributed by atoms with Crippen molar-refractivity contribution in [3.05, 3.63) is 58.1 Å². The van der Waals surface area contributed by atoms with Crippen LogP contribution < -0.4 is 10.6 Å². The number of aromatic carboxylic acids is 1. The molecule has 1 fully saturated rings. The molecule has 1 saturated carbocycles. The Morgan fingerprint density at radius 2 is 1.94 bits per heavy atom. The molecule has 0 amide bonds. The number of rotatable bonds is 6. The predicted octanol–water partition coefficient (Wildman–Crippen LogP) is 5.09. The molecule has 0 bridgehead atoms. The van der Waals surface area contributed by atoms with E-state index in [1.165, 1.54) is 11.3 Å². The molecule has 0 aliphatic heterocycles. The first-order chi connectivity index (χ1) is 15.2. The van der Waals surface area contributed by atoms with Crippen LogP contribution in [0.2, 0.25) is 0 Å². The van der Waals surface area contributed by atoms with Gasteiger partial charge in [-0.15, -0.1) is 11.3 Å². The Balaban J connectivity index is 1.68. The Kier molecular flexibility index (Phi) is 5.59. The van der Waals surface area contributed by atoms with Crippen LogP contribution in [0.4, 0.5) is 24.1 Å². The van der Waals surface area contributed by atoms with Gasteiger partial charge in [0, 0.05) is 29.2 Å². The second-order valence-electron chi connectivity index (χ2n) is 7.26. The maximum absolute atomic E-state index is 12.9. The van der Waals surface area contributed by atoms with E-state index in [1.807, 2.05) is 12.1 Å². The van der Waals surface area contributed by atoms with E-state index in [4.69, 9.17) is 5.41 Å². The summed E-state index contributed by atoms with van der Waals surface area (Å²) >= 11 is 1.33. The highest BCUT2D eigenvalue weighted by Gasteiger charge is 2.33. The quantitative estimate of drug-likeness (QED) is 0.301.